The van der Waals surface area contributed by atoms with Crippen LogP contribution in [0.2, 0.25) is 0 Å². The molecular weight excluding hydrogens is 550 g/mol. The molecule has 2 bridgehead atoms. The number of pyridine rings is 1. The van der Waals surface area contributed by atoms with Gasteiger partial charge in [-0.25, -0.2) is 8.78 Å². The largest absolute Gasteiger partial charge is 0.464 e. The summed E-state index contributed by atoms with van der Waals surface area (Å²) < 4.78 is 43.2. The van der Waals surface area contributed by atoms with Gasteiger partial charge in [0.05, 0.1) is 17.2 Å². The second-order valence-electron chi connectivity index (χ2n) is 12.7. The highest BCUT2D eigenvalue weighted by molar-refractivity contribution is 6.13. The Hall–Kier alpha value is -3.89. The fourth-order valence-electron chi connectivity index (χ4n) is 8.16. The summed E-state index contributed by atoms with van der Waals surface area (Å²) in [4.78, 5) is 18.7. The predicted molar refractivity (Wildman–Crippen MR) is 161 cm³/mol. The van der Waals surface area contributed by atoms with Crippen LogP contribution >= 0.6 is 0 Å². The summed E-state index contributed by atoms with van der Waals surface area (Å²) in [6.07, 6.45) is 7.04. The highest BCUT2D eigenvalue weighted by atomic mass is 19.1. The lowest BCUT2D eigenvalue weighted by molar-refractivity contribution is 0.107. The van der Waals surface area contributed by atoms with Crippen LogP contribution in [0.25, 0.3) is 43.9 Å². The normalized spacial score (nSPS) is 27.1. The lowest BCUT2D eigenvalue weighted by Crippen LogP contribution is -2.51. The Morgan fingerprint density at radius 3 is 2.81 bits per heavy atom. The first-order valence-corrected chi connectivity index (χ1v) is 15.3. The smallest absolute Gasteiger partial charge is 0.319 e. The zero-order chi connectivity index (χ0) is 28.7. The second-order valence-corrected chi connectivity index (χ2v) is 12.7. The van der Waals surface area contributed by atoms with Crippen LogP contribution in [-0.4, -0.2) is 76.4 Å². The van der Waals surface area contributed by atoms with E-state index in [0.29, 0.717) is 41.8 Å². The minimum absolute atomic E-state index is 0.128. The van der Waals surface area contributed by atoms with E-state index in [4.69, 9.17) is 19.1 Å². The lowest BCUT2D eigenvalue weighted by atomic mass is 9.95. The number of alkyl halides is 1. The van der Waals surface area contributed by atoms with Gasteiger partial charge in [0.25, 0.3) is 0 Å². The molecule has 4 aliphatic heterocycles. The number of aromatic nitrogens is 3. The maximum Gasteiger partial charge on any atom is 0.319 e. The fourth-order valence-corrected chi connectivity index (χ4v) is 8.16. The molecule has 0 aliphatic carbocycles. The van der Waals surface area contributed by atoms with Gasteiger partial charge in [-0.1, -0.05) is 24.3 Å². The standard InChI is InChI=1S/C33H32F2N6O2/c34-20-13-33(10-2-11-41(33)15-20)18-43-32-38-30-25(31(39-32)40-16-21-6-7-22(17-40)37-21)14-36-29(28(30)35)24-4-1-3-19-5-8-26-23(27(19)24)9-12-42-26/h1,3-5,8-9,12,14,20-22,37H,2,6-7,10-11,13,15-18H2/t20-,21-,22+,33+/m1/s1. The summed E-state index contributed by atoms with van der Waals surface area (Å²) in [5, 5.41) is 6.98. The molecule has 8 nitrogen and oxygen atoms in total. The molecule has 0 saturated carbocycles. The van der Waals surface area contributed by atoms with Crippen LogP contribution in [-0.2, 0) is 0 Å². The van der Waals surface area contributed by atoms with Crippen LogP contribution in [0, 0.1) is 5.82 Å². The third kappa shape index (κ3) is 4.03. The van der Waals surface area contributed by atoms with E-state index in [9.17, 15) is 4.39 Å². The van der Waals surface area contributed by atoms with Crippen LogP contribution in [0.3, 0.4) is 0 Å². The van der Waals surface area contributed by atoms with Crippen molar-refractivity contribution in [1.29, 1.82) is 0 Å². The zero-order valence-corrected chi connectivity index (χ0v) is 23.7. The first-order valence-electron chi connectivity index (χ1n) is 15.3. The molecule has 5 aromatic rings. The number of fused-ring (bicyclic) bond motifs is 7. The molecule has 0 spiro atoms. The molecule has 10 heteroatoms. The highest BCUT2D eigenvalue weighted by Gasteiger charge is 2.49. The Kier molecular flexibility index (Phi) is 5.69. The van der Waals surface area contributed by atoms with Crippen molar-refractivity contribution in [2.24, 2.45) is 0 Å². The number of furan rings is 1. The molecule has 9 rings (SSSR count). The van der Waals surface area contributed by atoms with Gasteiger partial charge in [0, 0.05) is 60.7 Å². The maximum atomic E-state index is 16.8. The van der Waals surface area contributed by atoms with Crippen molar-refractivity contribution >= 4 is 38.5 Å². The molecule has 7 heterocycles. The third-order valence-corrected chi connectivity index (χ3v) is 10.1. The minimum atomic E-state index is -0.859. The van der Waals surface area contributed by atoms with Crippen molar-refractivity contribution in [3.05, 3.63) is 54.7 Å². The van der Waals surface area contributed by atoms with Crippen molar-refractivity contribution in [3.8, 4) is 17.3 Å². The van der Waals surface area contributed by atoms with E-state index in [1.54, 1.807) is 12.5 Å². The van der Waals surface area contributed by atoms with Gasteiger partial charge in [0.2, 0.25) is 0 Å². The number of rotatable bonds is 5. The number of nitrogens with one attached hydrogen (secondary N) is 1. The number of ether oxygens (including phenoxy) is 1. The van der Waals surface area contributed by atoms with Gasteiger partial charge in [0.15, 0.2) is 5.82 Å². The zero-order valence-electron chi connectivity index (χ0n) is 23.7. The molecule has 0 unspecified atom stereocenters. The Morgan fingerprint density at radius 2 is 1.93 bits per heavy atom. The third-order valence-electron chi connectivity index (χ3n) is 10.1. The van der Waals surface area contributed by atoms with E-state index >= 15 is 4.39 Å². The Labute approximate surface area is 247 Å². The summed E-state index contributed by atoms with van der Waals surface area (Å²) in [5.41, 5.74) is 1.46. The monoisotopic (exact) mass is 582 g/mol. The van der Waals surface area contributed by atoms with Crippen LogP contribution < -0.4 is 15.0 Å². The number of hydrogen-bond donors (Lipinski definition) is 1. The van der Waals surface area contributed by atoms with Crippen molar-refractivity contribution < 1.29 is 17.9 Å². The molecule has 0 radical (unpaired) electrons. The Morgan fingerprint density at radius 1 is 1.05 bits per heavy atom. The van der Waals surface area contributed by atoms with Crippen molar-refractivity contribution in [3.63, 3.8) is 0 Å². The van der Waals surface area contributed by atoms with Crippen LogP contribution in [0.1, 0.15) is 32.1 Å². The molecule has 43 heavy (non-hydrogen) atoms. The van der Waals surface area contributed by atoms with Crippen LogP contribution in [0.4, 0.5) is 14.6 Å². The van der Waals surface area contributed by atoms with Gasteiger partial charge in [-0.05, 0) is 49.7 Å². The van der Waals surface area contributed by atoms with Gasteiger partial charge in [-0.15, -0.1) is 0 Å². The van der Waals surface area contributed by atoms with E-state index in [2.05, 4.69) is 20.1 Å². The van der Waals surface area contributed by atoms with Gasteiger partial charge in [-0.2, -0.15) is 9.97 Å². The average Bonchev–Trinajstić information content (AvgIpc) is 3.79. The van der Waals surface area contributed by atoms with Gasteiger partial charge in [0.1, 0.15) is 35.4 Å². The number of hydrogen-bond acceptors (Lipinski definition) is 8. The van der Waals surface area contributed by atoms with Crippen LogP contribution in [0.15, 0.2) is 53.3 Å². The van der Waals surface area contributed by atoms with E-state index in [1.165, 1.54) is 0 Å². The molecule has 2 aromatic carbocycles. The SMILES string of the molecule is Fc1c(-c2cccc3ccc4occc4c23)ncc2c(N3C[C@H]4CC[C@@H](C3)N4)nc(OC[C@@]34CCCN3C[C@H](F)C4)nc12. The van der Waals surface area contributed by atoms with E-state index < -0.39 is 12.0 Å². The van der Waals surface area contributed by atoms with E-state index in [1.807, 2.05) is 36.4 Å². The summed E-state index contributed by atoms with van der Waals surface area (Å²) >= 11 is 0. The van der Waals surface area contributed by atoms with Crippen molar-refractivity contribution in [2.45, 2.75) is 55.9 Å². The lowest BCUT2D eigenvalue weighted by Gasteiger charge is -2.34. The molecule has 4 atom stereocenters. The molecule has 4 aliphatic rings. The molecule has 220 valence electrons. The predicted octanol–water partition coefficient (Wildman–Crippen LogP) is 5.63. The van der Waals surface area contributed by atoms with Gasteiger partial charge in [-0.3, -0.25) is 9.88 Å². The summed E-state index contributed by atoms with van der Waals surface area (Å²) in [5.74, 6) is 0.129. The average molecular weight is 583 g/mol. The Balaban J connectivity index is 1.18. The molecule has 0 amide bonds. The quantitative estimate of drug-likeness (QED) is 0.286. The molecule has 4 saturated heterocycles. The summed E-state index contributed by atoms with van der Waals surface area (Å²) in [7, 11) is 0. The van der Waals surface area contributed by atoms with Crippen molar-refractivity contribution in [2.75, 3.05) is 37.7 Å². The molecular formula is C33H32F2N6O2. The number of halogens is 2. The van der Waals surface area contributed by atoms with Gasteiger partial charge >= 0.3 is 6.01 Å². The second kappa shape index (κ2) is 9.56. The number of piperazine rings is 1. The topological polar surface area (TPSA) is 79.5 Å². The van der Waals surface area contributed by atoms with E-state index in [0.717, 1.165) is 67.1 Å². The highest BCUT2D eigenvalue weighted by Crippen LogP contribution is 2.42. The molecule has 1 N–H and O–H groups in total. The summed E-state index contributed by atoms with van der Waals surface area (Å²) in [6.45, 7) is 3.14. The van der Waals surface area contributed by atoms with E-state index in [-0.39, 0.29) is 29.4 Å². The Bertz CT molecular complexity index is 1880. The molecule has 4 fully saturated rings. The number of anilines is 1. The van der Waals surface area contributed by atoms with Crippen LogP contribution in [0.5, 0.6) is 6.01 Å². The minimum Gasteiger partial charge on any atom is -0.464 e. The molecule has 3 aromatic heterocycles. The number of nitrogens with zero attached hydrogens (tertiary/aromatic N) is 5. The maximum absolute atomic E-state index is 16.8. The first kappa shape index (κ1) is 25.6. The van der Waals surface area contributed by atoms with Gasteiger partial charge < -0.3 is 19.4 Å². The fraction of sp³-hybridized carbons (Fsp3) is 0.424. The first-order chi connectivity index (χ1) is 21.0. The number of benzene rings is 2. The summed E-state index contributed by atoms with van der Waals surface area (Å²) in [6, 6.07) is 12.5. The van der Waals surface area contributed by atoms with Crippen molar-refractivity contribution in [1.82, 2.24) is 25.2 Å².